The third-order valence-corrected chi connectivity index (χ3v) is 5.73. The normalized spacial score (nSPS) is 27.6. The Kier molecular flexibility index (Phi) is 4.10. The lowest BCUT2D eigenvalue weighted by atomic mass is 10.0. The molecule has 2 aliphatic rings. The summed E-state index contributed by atoms with van der Waals surface area (Å²) in [6.07, 6.45) is 4.74. The molecule has 0 bridgehead atoms. The van der Waals surface area contributed by atoms with Gasteiger partial charge in [-0.2, -0.15) is 11.3 Å². The first-order valence-corrected chi connectivity index (χ1v) is 9.07. The molecule has 3 rings (SSSR count). The average molecular weight is 306 g/mol. The molecule has 3 nitrogen and oxygen atoms in total. The van der Waals surface area contributed by atoms with E-state index in [1.54, 1.807) is 11.3 Å². The van der Waals surface area contributed by atoms with Crippen molar-refractivity contribution in [3.63, 3.8) is 0 Å². The molecule has 116 valence electrons. The molecule has 4 heteroatoms. The van der Waals surface area contributed by atoms with E-state index in [0.717, 1.165) is 13.0 Å². The number of hydrogen-bond donors (Lipinski definition) is 1. The van der Waals surface area contributed by atoms with Gasteiger partial charge in [-0.3, -0.25) is 10.1 Å². The highest BCUT2D eigenvalue weighted by atomic mass is 32.1. The molecule has 2 unspecified atom stereocenters. The Morgan fingerprint density at radius 3 is 2.76 bits per heavy atom. The number of nitrogens with zero attached hydrogens (tertiary/aromatic N) is 1. The van der Waals surface area contributed by atoms with Crippen LogP contribution in [0.4, 0.5) is 0 Å². The van der Waals surface area contributed by atoms with Crippen molar-refractivity contribution < 1.29 is 4.79 Å². The van der Waals surface area contributed by atoms with E-state index in [4.69, 9.17) is 0 Å². The molecule has 1 aromatic rings. The van der Waals surface area contributed by atoms with Crippen molar-refractivity contribution >= 4 is 17.2 Å². The number of hydrogen-bond acceptors (Lipinski definition) is 3. The van der Waals surface area contributed by atoms with Crippen LogP contribution >= 0.6 is 11.3 Å². The van der Waals surface area contributed by atoms with Crippen molar-refractivity contribution in [3.05, 3.63) is 22.4 Å². The lowest BCUT2D eigenvalue weighted by Crippen LogP contribution is -2.36. The fourth-order valence-electron chi connectivity index (χ4n) is 3.36. The topological polar surface area (TPSA) is 32.3 Å². The van der Waals surface area contributed by atoms with Crippen LogP contribution in [0.2, 0.25) is 0 Å². The van der Waals surface area contributed by atoms with Crippen LogP contribution < -0.4 is 5.32 Å². The molecule has 0 aromatic carbocycles. The quantitative estimate of drug-likeness (QED) is 0.867. The summed E-state index contributed by atoms with van der Waals surface area (Å²) in [5.74, 6) is 0.843. The van der Waals surface area contributed by atoms with Crippen LogP contribution in [0.5, 0.6) is 0 Å². The van der Waals surface area contributed by atoms with E-state index in [-0.39, 0.29) is 12.2 Å². The Hall–Kier alpha value is -0.870. The third-order valence-electron chi connectivity index (χ3n) is 5.03. The van der Waals surface area contributed by atoms with Crippen molar-refractivity contribution in [1.82, 2.24) is 10.2 Å². The number of carbonyl (C=O) groups is 1. The number of carbonyl (C=O) groups excluding carboxylic acids is 1. The van der Waals surface area contributed by atoms with Gasteiger partial charge in [-0.25, -0.2) is 0 Å². The van der Waals surface area contributed by atoms with Crippen LogP contribution in [0.15, 0.2) is 16.8 Å². The van der Waals surface area contributed by atoms with Gasteiger partial charge in [0.1, 0.15) is 6.17 Å². The second kappa shape index (κ2) is 5.73. The highest BCUT2D eigenvalue weighted by Gasteiger charge is 2.48. The largest absolute Gasteiger partial charge is 0.321 e. The van der Waals surface area contributed by atoms with Gasteiger partial charge in [0.15, 0.2) is 0 Å². The molecule has 1 saturated carbocycles. The van der Waals surface area contributed by atoms with Crippen molar-refractivity contribution in [2.24, 2.45) is 11.3 Å². The molecule has 1 saturated heterocycles. The van der Waals surface area contributed by atoms with E-state index in [1.807, 2.05) is 0 Å². The number of rotatable bonds is 6. The maximum absolute atomic E-state index is 12.8. The fraction of sp³-hybridized carbons (Fsp3) is 0.706. The summed E-state index contributed by atoms with van der Waals surface area (Å²) in [6, 6.07) is 2.13. The first-order chi connectivity index (χ1) is 10.0. The molecular formula is C17H26N2OS. The minimum absolute atomic E-state index is 0.0115. The zero-order chi connectivity index (χ0) is 15.0. The van der Waals surface area contributed by atoms with Crippen molar-refractivity contribution in [3.8, 4) is 0 Å². The van der Waals surface area contributed by atoms with Crippen molar-refractivity contribution in [1.29, 1.82) is 0 Å². The maximum Gasteiger partial charge on any atom is 0.241 e. The lowest BCUT2D eigenvalue weighted by Gasteiger charge is -2.28. The van der Waals surface area contributed by atoms with Gasteiger partial charge in [0.05, 0.1) is 6.04 Å². The Balaban J connectivity index is 1.80. The van der Waals surface area contributed by atoms with Gasteiger partial charge in [-0.1, -0.05) is 20.8 Å². The smallest absolute Gasteiger partial charge is 0.241 e. The van der Waals surface area contributed by atoms with E-state index in [2.05, 4.69) is 47.8 Å². The van der Waals surface area contributed by atoms with E-state index < -0.39 is 0 Å². The highest BCUT2D eigenvalue weighted by molar-refractivity contribution is 7.07. The molecule has 2 fully saturated rings. The Bertz CT molecular complexity index is 493. The fourth-order valence-corrected chi connectivity index (χ4v) is 4.04. The minimum atomic E-state index is -0.0115. The molecule has 1 aliphatic heterocycles. The van der Waals surface area contributed by atoms with E-state index in [1.165, 1.54) is 24.8 Å². The Morgan fingerprint density at radius 1 is 1.48 bits per heavy atom. The van der Waals surface area contributed by atoms with Crippen LogP contribution in [-0.4, -0.2) is 23.4 Å². The molecule has 1 aromatic heterocycles. The standard InChI is InChI=1S/C17H26N2OS/c1-4-17(6-7-17)11-19-15(13-5-8-21-10-13)18-14(16(19)20)9-12(2)3/h5,8,10,12,14-15,18H,4,6-7,9,11H2,1-3H3. The van der Waals surface area contributed by atoms with Crippen LogP contribution in [0.3, 0.4) is 0 Å². The molecule has 0 spiro atoms. The second-order valence-corrected chi connectivity index (χ2v) is 7.91. The SMILES string of the molecule is CCC1(CN2C(=O)C(CC(C)C)NC2c2ccsc2)CC1. The number of nitrogens with one attached hydrogen (secondary N) is 1. The van der Waals surface area contributed by atoms with E-state index in [9.17, 15) is 4.79 Å². The summed E-state index contributed by atoms with van der Waals surface area (Å²) in [4.78, 5) is 15.0. The third kappa shape index (κ3) is 3.02. The summed E-state index contributed by atoms with van der Waals surface area (Å²) in [5.41, 5.74) is 1.64. The van der Waals surface area contributed by atoms with Gasteiger partial charge < -0.3 is 4.90 Å². The summed E-state index contributed by atoms with van der Waals surface area (Å²) in [7, 11) is 0. The summed E-state index contributed by atoms with van der Waals surface area (Å²) < 4.78 is 0. The minimum Gasteiger partial charge on any atom is -0.321 e. The van der Waals surface area contributed by atoms with Crippen LogP contribution in [0, 0.1) is 11.3 Å². The van der Waals surface area contributed by atoms with Crippen molar-refractivity contribution in [2.45, 2.75) is 58.7 Å². The Labute approximate surface area is 131 Å². The molecule has 1 N–H and O–H groups in total. The molecule has 2 heterocycles. The highest BCUT2D eigenvalue weighted by Crippen LogP contribution is 2.50. The average Bonchev–Trinajstić information content (AvgIpc) is 2.89. The van der Waals surface area contributed by atoms with Gasteiger partial charge in [0.2, 0.25) is 5.91 Å². The zero-order valence-electron chi connectivity index (χ0n) is 13.3. The van der Waals surface area contributed by atoms with Gasteiger partial charge >= 0.3 is 0 Å². The second-order valence-electron chi connectivity index (χ2n) is 7.13. The van der Waals surface area contributed by atoms with Crippen molar-refractivity contribution in [2.75, 3.05) is 6.54 Å². The van der Waals surface area contributed by atoms with E-state index >= 15 is 0 Å². The first-order valence-electron chi connectivity index (χ1n) is 8.13. The molecule has 21 heavy (non-hydrogen) atoms. The summed E-state index contributed by atoms with van der Waals surface area (Å²) in [5, 5.41) is 7.85. The molecule has 1 amide bonds. The zero-order valence-corrected chi connectivity index (χ0v) is 14.1. The predicted molar refractivity (Wildman–Crippen MR) is 87.1 cm³/mol. The van der Waals surface area contributed by atoms with Crippen LogP contribution in [0.1, 0.15) is 58.2 Å². The summed E-state index contributed by atoms with van der Waals surface area (Å²) in [6.45, 7) is 7.55. The number of amides is 1. The molecular weight excluding hydrogens is 280 g/mol. The van der Waals surface area contributed by atoms with Crippen LogP contribution in [0.25, 0.3) is 0 Å². The lowest BCUT2D eigenvalue weighted by molar-refractivity contribution is -0.131. The summed E-state index contributed by atoms with van der Waals surface area (Å²) >= 11 is 1.71. The van der Waals surface area contributed by atoms with Gasteiger partial charge in [-0.05, 0) is 59.4 Å². The Morgan fingerprint density at radius 2 is 2.24 bits per heavy atom. The maximum atomic E-state index is 12.8. The first kappa shape index (κ1) is 15.0. The van der Waals surface area contributed by atoms with E-state index in [0.29, 0.717) is 17.2 Å². The molecule has 1 aliphatic carbocycles. The predicted octanol–water partition coefficient (Wildman–Crippen LogP) is 3.78. The van der Waals surface area contributed by atoms with Gasteiger partial charge in [0, 0.05) is 6.54 Å². The van der Waals surface area contributed by atoms with Crippen LogP contribution in [-0.2, 0) is 4.79 Å². The van der Waals surface area contributed by atoms with Gasteiger partial charge in [-0.15, -0.1) is 0 Å². The number of thiophene rings is 1. The molecule has 0 radical (unpaired) electrons. The molecule has 2 atom stereocenters. The van der Waals surface area contributed by atoms with Gasteiger partial charge in [0.25, 0.3) is 0 Å². The monoisotopic (exact) mass is 306 g/mol.